The van der Waals surface area contributed by atoms with Gasteiger partial charge in [-0.15, -0.1) is 0 Å². The number of rotatable bonds is 2. The summed E-state index contributed by atoms with van der Waals surface area (Å²) in [6, 6.07) is 0. The Hall–Kier alpha value is -0.0800. The molecule has 1 saturated heterocycles. The van der Waals surface area contributed by atoms with E-state index >= 15 is 0 Å². The van der Waals surface area contributed by atoms with E-state index in [4.69, 9.17) is 9.47 Å². The van der Waals surface area contributed by atoms with Gasteiger partial charge in [0.05, 0.1) is 6.10 Å². The summed E-state index contributed by atoms with van der Waals surface area (Å²) in [7, 11) is 1.71. The number of methoxy groups -OCH3 is 1. The van der Waals surface area contributed by atoms with Crippen LogP contribution in [0.4, 0.5) is 0 Å². The van der Waals surface area contributed by atoms with Gasteiger partial charge in [0, 0.05) is 13.0 Å². The van der Waals surface area contributed by atoms with E-state index in [-0.39, 0.29) is 6.29 Å². The Kier molecular flexibility index (Phi) is 2.69. The molecule has 0 saturated carbocycles. The number of hydrogen-bond acceptors (Lipinski definition) is 2. The van der Waals surface area contributed by atoms with E-state index in [1.807, 2.05) is 0 Å². The van der Waals surface area contributed by atoms with Crippen molar-refractivity contribution in [3.63, 3.8) is 0 Å². The zero-order valence-corrected chi connectivity index (χ0v) is 6.96. The molecule has 1 rings (SSSR count). The normalized spacial score (nSPS) is 40.5. The van der Waals surface area contributed by atoms with Crippen LogP contribution in [-0.4, -0.2) is 19.5 Å². The van der Waals surface area contributed by atoms with Gasteiger partial charge in [0.1, 0.15) is 0 Å². The molecule has 2 heteroatoms. The minimum atomic E-state index is 0.0556. The van der Waals surface area contributed by atoms with Crippen molar-refractivity contribution in [3.8, 4) is 0 Å². The summed E-state index contributed by atoms with van der Waals surface area (Å²) < 4.78 is 10.7. The summed E-state index contributed by atoms with van der Waals surface area (Å²) in [5.41, 5.74) is 0. The molecular formula is C8H16O2. The molecule has 0 amide bonds. The third kappa shape index (κ3) is 1.50. The smallest absolute Gasteiger partial charge is 0.160 e. The lowest BCUT2D eigenvalue weighted by atomic mass is 10.0. The summed E-state index contributed by atoms with van der Waals surface area (Å²) >= 11 is 0. The first kappa shape index (κ1) is 8.02. The molecule has 0 aromatic carbocycles. The van der Waals surface area contributed by atoms with E-state index in [9.17, 15) is 0 Å². The molecule has 0 bridgehead atoms. The maximum absolute atomic E-state index is 5.49. The molecule has 0 aliphatic carbocycles. The summed E-state index contributed by atoms with van der Waals surface area (Å²) in [4.78, 5) is 0. The van der Waals surface area contributed by atoms with Gasteiger partial charge in [-0.25, -0.2) is 0 Å². The van der Waals surface area contributed by atoms with Crippen LogP contribution in [0.5, 0.6) is 0 Å². The molecular weight excluding hydrogens is 128 g/mol. The molecule has 0 radical (unpaired) electrons. The Labute approximate surface area is 62.5 Å². The van der Waals surface area contributed by atoms with Crippen LogP contribution in [0, 0.1) is 5.92 Å². The van der Waals surface area contributed by atoms with Crippen LogP contribution in [0.1, 0.15) is 26.7 Å². The lowest BCUT2D eigenvalue weighted by Gasteiger charge is -2.13. The molecule has 0 aromatic rings. The van der Waals surface area contributed by atoms with E-state index in [0.29, 0.717) is 12.0 Å². The SMILES string of the molecule is CC[C@H]1C[C@@H](C)O[C@H]1OC. The van der Waals surface area contributed by atoms with Crippen molar-refractivity contribution in [1.82, 2.24) is 0 Å². The fourth-order valence-electron chi connectivity index (χ4n) is 1.54. The van der Waals surface area contributed by atoms with Crippen LogP contribution >= 0.6 is 0 Å². The van der Waals surface area contributed by atoms with Crippen molar-refractivity contribution in [2.75, 3.05) is 7.11 Å². The van der Waals surface area contributed by atoms with Crippen molar-refractivity contribution in [2.45, 2.75) is 39.1 Å². The average molecular weight is 144 g/mol. The highest BCUT2D eigenvalue weighted by atomic mass is 16.7. The lowest BCUT2D eigenvalue weighted by molar-refractivity contribution is -0.128. The minimum Gasteiger partial charge on any atom is -0.356 e. The Morgan fingerprint density at radius 3 is 2.70 bits per heavy atom. The molecule has 0 spiro atoms. The van der Waals surface area contributed by atoms with Crippen LogP contribution < -0.4 is 0 Å². The standard InChI is InChI=1S/C8H16O2/c1-4-7-5-6(2)10-8(7)9-3/h6-8H,4-5H2,1-3H3/t6-,7+,8-/m1/s1. The maximum Gasteiger partial charge on any atom is 0.160 e. The summed E-state index contributed by atoms with van der Waals surface area (Å²) in [5.74, 6) is 0.611. The molecule has 2 nitrogen and oxygen atoms in total. The molecule has 0 unspecified atom stereocenters. The monoisotopic (exact) mass is 144 g/mol. The third-order valence-electron chi connectivity index (χ3n) is 2.14. The van der Waals surface area contributed by atoms with Gasteiger partial charge in [0.25, 0.3) is 0 Å². The molecule has 0 aromatic heterocycles. The largest absolute Gasteiger partial charge is 0.356 e. The Morgan fingerprint density at radius 2 is 2.30 bits per heavy atom. The highest BCUT2D eigenvalue weighted by Gasteiger charge is 2.31. The van der Waals surface area contributed by atoms with E-state index in [0.717, 1.165) is 12.8 Å². The van der Waals surface area contributed by atoms with Crippen molar-refractivity contribution < 1.29 is 9.47 Å². The van der Waals surface area contributed by atoms with Gasteiger partial charge in [0.15, 0.2) is 6.29 Å². The van der Waals surface area contributed by atoms with Crippen LogP contribution in [0.3, 0.4) is 0 Å². The summed E-state index contributed by atoms with van der Waals surface area (Å²) in [6.07, 6.45) is 2.74. The minimum absolute atomic E-state index is 0.0556. The second-order valence-electron chi connectivity index (χ2n) is 2.95. The molecule has 1 aliphatic heterocycles. The van der Waals surface area contributed by atoms with Gasteiger partial charge in [0.2, 0.25) is 0 Å². The molecule has 1 heterocycles. The highest BCUT2D eigenvalue weighted by molar-refractivity contribution is 4.73. The third-order valence-corrected chi connectivity index (χ3v) is 2.14. The molecule has 0 N–H and O–H groups in total. The van der Waals surface area contributed by atoms with Gasteiger partial charge in [-0.2, -0.15) is 0 Å². The van der Waals surface area contributed by atoms with Gasteiger partial charge < -0.3 is 9.47 Å². The number of hydrogen-bond donors (Lipinski definition) is 0. The lowest BCUT2D eigenvalue weighted by Crippen LogP contribution is -2.17. The Bertz CT molecular complexity index is 91.4. The van der Waals surface area contributed by atoms with Gasteiger partial charge in [-0.05, 0) is 19.8 Å². The molecule has 3 atom stereocenters. The quantitative estimate of drug-likeness (QED) is 0.588. The predicted molar refractivity (Wildman–Crippen MR) is 39.7 cm³/mol. The van der Waals surface area contributed by atoms with Crippen molar-refractivity contribution in [2.24, 2.45) is 5.92 Å². The van der Waals surface area contributed by atoms with Crippen LogP contribution in [0.15, 0.2) is 0 Å². The fraction of sp³-hybridized carbons (Fsp3) is 1.00. The molecule has 10 heavy (non-hydrogen) atoms. The molecule has 60 valence electrons. The van der Waals surface area contributed by atoms with Crippen molar-refractivity contribution in [1.29, 1.82) is 0 Å². The zero-order chi connectivity index (χ0) is 7.56. The fourth-order valence-corrected chi connectivity index (χ4v) is 1.54. The van der Waals surface area contributed by atoms with Crippen molar-refractivity contribution >= 4 is 0 Å². The van der Waals surface area contributed by atoms with E-state index in [2.05, 4.69) is 13.8 Å². The summed E-state index contributed by atoms with van der Waals surface area (Å²) in [6.45, 7) is 4.28. The Morgan fingerprint density at radius 1 is 1.60 bits per heavy atom. The first-order valence-corrected chi connectivity index (χ1v) is 3.96. The van der Waals surface area contributed by atoms with Crippen LogP contribution in [0.25, 0.3) is 0 Å². The zero-order valence-electron chi connectivity index (χ0n) is 6.96. The van der Waals surface area contributed by atoms with Gasteiger partial charge in [-0.3, -0.25) is 0 Å². The van der Waals surface area contributed by atoms with E-state index < -0.39 is 0 Å². The number of ether oxygens (including phenoxy) is 2. The van der Waals surface area contributed by atoms with E-state index in [1.54, 1.807) is 7.11 Å². The Balaban J connectivity index is 2.41. The van der Waals surface area contributed by atoms with Crippen LogP contribution in [-0.2, 0) is 9.47 Å². The second kappa shape index (κ2) is 3.35. The van der Waals surface area contributed by atoms with Gasteiger partial charge >= 0.3 is 0 Å². The predicted octanol–water partition coefficient (Wildman–Crippen LogP) is 1.79. The van der Waals surface area contributed by atoms with Gasteiger partial charge in [-0.1, -0.05) is 6.92 Å². The summed E-state index contributed by atoms with van der Waals surface area (Å²) in [5, 5.41) is 0. The first-order valence-electron chi connectivity index (χ1n) is 3.96. The molecule has 1 fully saturated rings. The van der Waals surface area contributed by atoms with Crippen molar-refractivity contribution in [3.05, 3.63) is 0 Å². The van der Waals surface area contributed by atoms with Crippen LogP contribution in [0.2, 0.25) is 0 Å². The van der Waals surface area contributed by atoms with E-state index in [1.165, 1.54) is 0 Å². The second-order valence-corrected chi connectivity index (χ2v) is 2.95. The topological polar surface area (TPSA) is 18.5 Å². The first-order chi connectivity index (χ1) is 4.77. The average Bonchev–Trinajstić information content (AvgIpc) is 2.30. The molecule has 1 aliphatic rings. The highest BCUT2D eigenvalue weighted by Crippen LogP contribution is 2.28. The maximum atomic E-state index is 5.49.